The van der Waals surface area contributed by atoms with Crippen molar-refractivity contribution in [2.45, 2.75) is 315 Å². The van der Waals surface area contributed by atoms with Gasteiger partial charge in [0.15, 0.2) is 0 Å². The molecule has 0 aromatic heterocycles. The molecule has 0 aliphatic heterocycles. The van der Waals surface area contributed by atoms with E-state index in [2.05, 4.69) is 43.5 Å². The smallest absolute Gasteiger partial charge is 0.249 e. The highest BCUT2D eigenvalue weighted by atomic mass is 16.3. The third-order valence-electron chi connectivity index (χ3n) is 13.0. The Balaban J connectivity index is 3.40. The number of amides is 1. The molecule has 0 rings (SSSR count). The fourth-order valence-electron chi connectivity index (χ4n) is 8.70. The predicted octanol–water partition coefficient (Wildman–Crippen LogP) is 17.1. The Bertz CT molecular complexity index is 962. The largest absolute Gasteiger partial charge is 0.394 e. The molecule has 4 N–H and O–H groups in total. The van der Waals surface area contributed by atoms with Gasteiger partial charge in [0, 0.05) is 0 Å². The highest BCUT2D eigenvalue weighted by Gasteiger charge is 2.22. The van der Waals surface area contributed by atoms with Gasteiger partial charge in [-0.2, -0.15) is 0 Å². The number of rotatable bonds is 51. The lowest BCUT2D eigenvalue weighted by atomic mass is 10.0. The Morgan fingerprint density at radius 3 is 0.968 bits per heavy atom. The molecule has 0 saturated carbocycles. The Labute approximate surface area is 387 Å². The van der Waals surface area contributed by atoms with Crippen molar-refractivity contribution in [3.05, 3.63) is 36.5 Å². The van der Waals surface area contributed by atoms with E-state index >= 15 is 0 Å². The summed E-state index contributed by atoms with van der Waals surface area (Å²) in [6.07, 6.45) is 68.4. The van der Waals surface area contributed by atoms with Crippen LogP contribution < -0.4 is 5.32 Å². The number of aliphatic hydroxyl groups excluding tert-OH is 3. The summed E-state index contributed by atoms with van der Waals surface area (Å²) in [5.41, 5.74) is 0. The van der Waals surface area contributed by atoms with Crippen molar-refractivity contribution in [2.75, 3.05) is 6.61 Å². The number of carbonyl (C=O) groups is 1. The molecule has 62 heavy (non-hydrogen) atoms. The number of nitrogens with one attached hydrogen (secondary N) is 1. The molecular weight excluding hydrogens is 763 g/mol. The summed E-state index contributed by atoms with van der Waals surface area (Å²) >= 11 is 0. The van der Waals surface area contributed by atoms with Crippen LogP contribution in [-0.4, -0.2) is 46.1 Å². The molecule has 0 heterocycles. The molecule has 0 radical (unpaired) electrons. The van der Waals surface area contributed by atoms with E-state index < -0.39 is 24.2 Å². The van der Waals surface area contributed by atoms with Crippen molar-refractivity contribution in [1.82, 2.24) is 5.32 Å². The third-order valence-corrected chi connectivity index (χ3v) is 13.0. The predicted molar refractivity (Wildman–Crippen MR) is 273 cm³/mol. The number of carbonyl (C=O) groups excluding carboxylic acids is 1. The van der Waals surface area contributed by atoms with Crippen LogP contribution in [0.5, 0.6) is 0 Å². The lowest BCUT2D eigenvalue weighted by molar-refractivity contribution is -0.131. The van der Waals surface area contributed by atoms with Gasteiger partial charge in [0.1, 0.15) is 6.10 Å². The molecule has 1 amide bonds. The molecule has 5 heteroatoms. The van der Waals surface area contributed by atoms with Gasteiger partial charge in [-0.25, -0.2) is 0 Å². The third kappa shape index (κ3) is 46.6. The fraction of sp³-hybridized carbons (Fsp3) is 0.877. The Morgan fingerprint density at radius 2 is 0.677 bits per heavy atom. The summed E-state index contributed by atoms with van der Waals surface area (Å²) in [5, 5.41) is 33.1. The van der Waals surface area contributed by atoms with E-state index in [0.29, 0.717) is 6.42 Å². The first-order valence-electron chi connectivity index (χ1n) is 27.8. The van der Waals surface area contributed by atoms with Crippen LogP contribution in [0.25, 0.3) is 0 Å². The SMILES string of the molecule is CC/C=C/CC/C=C/CC/C=C/C(O)C(CO)NC(=O)C(O)CCCCCCCCCCCCCCCCCCCCCCCCCCCCCCCCCCCCCCCC. The molecule has 0 saturated heterocycles. The second-order valence-electron chi connectivity index (χ2n) is 19.1. The lowest BCUT2D eigenvalue weighted by Crippen LogP contribution is -2.48. The maximum atomic E-state index is 12.5. The highest BCUT2D eigenvalue weighted by Crippen LogP contribution is 2.18. The second-order valence-corrected chi connectivity index (χ2v) is 19.1. The minimum Gasteiger partial charge on any atom is -0.394 e. The van der Waals surface area contributed by atoms with Crippen LogP contribution in [0.4, 0.5) is 0 Å². The first-order chi connectivity index (χ1) is 30.6. The van der Waals surface area contributed by atoms with Gasteiger partial charge < -0.3 is 20.6 Å². The topological polar surface area (TPSA) is 89.8 Å². The summed E-state index contributed by atoms with van der Waals surface area (Å²) in [7, 11) is 0. The van der Waals surface area contributed by atoms with Gasteiger partial charge in [-0.05, 0) is 38.5 Å². The van der Waals surface area contributed by atoms with E-state index in [-0.39, 0.29) is 6.61 Å². The zero-order valence-corrected chi connectivity index (χ0v) is 41.8. The van der Waals surface area contributed by atoms with Gasteiger partial charge in [-0.3, -0.25) is 4.79 Å². The molecule has 3 unspecified atom stereocenters. The summed E-state index contributed by atoms with van der Waals surface area (Å²) in [6, 6.07) is -0.818. The van der Waals surface area contributed by atoms with Crippen LogP contribution in [0.1, 0.15) is 296 Å². The van der Waals surface area contributed by atoms with Crippen LogP contribution in [0.2, 0.25) is 0 Å². The molecule has 366 valence electrons. The van der Waals surface area contributed by atoms with Crippen molar-refractivity contribution in [3.8, 4) is 0 Å². The molecule has 0 aromatic rings. The number of aliphatic hydroxyl groups is 3. The number of hydrogen-bond acceptors (Lipinski definition) is 4. The van der Waals surface area contributed by atoms with Gasteiger partial charge in [-0.15, -0.1) is 0 Å². The Morgan fingerprint density at radius 1 is 0.403 bits per heavy atom. The maximum Gasteiger partial charge on any atom is 0.249 e. The van der Waals surface area contributed by atoms with E-state index in [4.69, 9.17) is 0 Å². The number of allylic oxidation sites excluding steroid dienone is 5. The van der Waals surface area contributed by atoms with Crippen molar-refractivity contribution >= 4 is 5.91 Å². The number of hydrogen-bond donors (Lipinski definition) is 4. The van der Waals surface area contributed by atoms with Gasteiger partial charge in [0.2, 0.25) is 5.91 Å². The van der Waals surface area contributed by atoms with Crippen LogP contribution in [0, 0.1) is 0 Å². The van der Waals surface area contributed by atoms with Crippen LogP contribution in [0.15, 0.2) is 36.5 Å². The normalized spacial score (nSPS) is 13.6. The summed E-state index contributed by atoms with van der Waals surface area (Å²) < 4.78 is 0. The average molecular weight is 873 g/mol. The molecule has 5 nitrogen and oxygen atoms in total. The summed E-state index contributed by atoms with van der Waals surface area (Å²) in [6.45, 7) is 4.06. The highest BCUT2D eigenvalue weighted by molar-refractivity contribution is 5.80. The Hall–Kier alpha value is -1.43. The van der Waals surface area contributed by atoms with Crippen molar-refractivity contribution in [3.63, 3.8) is 0 Å². The van der Waals surface area contributed by atoms with Crippen LogP contribution in [-0.2, 0) is 4.79 Å². The van der Waals surface area contributed by atoms with Gasteiger partial charge in [0.25, 0.3) is 0 Å². The summed E-state index contributed by atoms with van der Waals surface area (Å²) in [5.74, 6) is -0.516. The van der Waals surface area contributed by atoms with Crippen LogP contribution >= 0.6 is 0 Å². The zero-order chi connectivity index (χ0) is 45.1. The molecule has 3 atom stereocenters. The van der Waals surface area contributed by atoms with Crippen molar-refractivity contribution in [1.29, 1.82) is 0 Å². The summed E-state index contributed by atoms with van der Waals surface area (Å²) in [4.78, 5) is 12.5. The first kappa shape index (κ1) is 60.6. The van der Waals surface area contributed by atoms with E-state index in [1.165, 1.54) is 225 Å². The van der Waals surface area contributed by atoms with E-state index in [1.807, 2.05) is 6.08 Å². The minimum absolute atomic E-state index is 0.380. The molecule has 0 fully saturated rings. The van der Waals surface area contributed by atoms with Gasteiger partial charge in [0.05, 0.1) is 18.8 Å². The monoisotopic (exact) mass is 872 g/mol. The van der Waals surface area contributed by atoms with Crippen molar-refractivity contribution in [2.24, 2.45) is 0 Å². The van der Waals surface area contributed by atoms with Crippen LogP contribution in [0.3, 0.4) is 0 Å². The second kappa shape index (κ2) is 52.2. The molecule has 0 aliphatic rings. The van der Waals surface area contributed by atoms with Gasteiger partial charge >= 0.3 is 0 Å². The zero-order valence-electron chi connectivity index (χ0n) is 41.8. The van der Waals surface area contributed by atoms with E-state index in [1.54, 1.807) is 6.08 Å². The number of unbranched alkanes of at least 4 members (excludes halogenated alkanes) is 39. The van der Waals surface area contributed by atoms with Gasteiger partial charge in [-0.1, -0.05) is 294 Å². The maximum absolute atomic E-state index is 12.5. The Kier molecular flexibility index (Phi) is 51.0. The quantitative estimate of drug-likeness (QED) is 0.0362. The average Bonchev–Trinajstić information content (AvgIpc) is 3.28. The van der Waals surface area contributed by atoms with E-state index in [0.717, 1.165) is 51.4 Å². The molecule has 0 spiro atoms. The molecule has 0 bridgehead atoms. The lowest BCUT2D eigenvalue weighted by Gasteiger charge is -2.21. The first-order valence-corrected chi connectivity index (χ1v) is 27.8. The molecular formula is C57H109NO4. The fourth-order valence-corrected chi connectivity index (χ4v) is 8.70. The van der Waals surface area contributed by atoms with Crippen molar-refractivity contribution < 1.29 is 20.1 Å². The molecule has 0 aromatic carbocycles. The minimum atomic E-state index is -1.11. The van der Waals surface area contributed by atoms with E-state index in [9.17, 15) is 20.1 Å². The standard InChI is InChI=1S/C57H109NO4/c1-3-5-7-9-11-13-15-16-17-18-19-20-21-22-23-24-25-26-27-28-29-30-31-32-33-34-35-36-37-38-39-40-41-42-44-46-48-50-52-56(61)57(62)58-54(53-59)55(60)51-49-47-45-43-14-12-10-8-6-4-2/h6,8,14,43,49,51,54-56,59-61H,3-5,7,9-13,15-42,44-48,50,52-53H2,1-2H3,(H,58,62)/b8-6+,43-14+,51-49+. The molecule has 0 aliphatic carbocycles.